The molecule has 1 aliphatic heterocycles. The third-order valence-corrected chi connectivity index (χ3v) is 5.67. The van der Waals surface area contributed by atoms with Crippen molar-refractivity contribution in [3.63, 3.8) is 0 Å². The van der Waals surface area contributed by atoms with E-state index in [1.165, 1.54) is 0 Å². The highest BCUT2D eigenvalue weighted by molar-refractivity contribution is 5.69. The predicted octanol–water partition coefficient (Wildman–Crippen LogP) is 6.34. The fourth-order valence-corrected chi connectivity index (χ4v) is 4.07. The smallest absolute Gasteiger partial charge is 0.410 e. The van der Waals surface area contributed by atoms with Crippen molar-refractivity contribution < 1.29 is 18.7 Å². The van der Waals surface area contributed by atoms with Crippen molar-refractivity contribution in [3.05, 3.63) is 71.6 Å². The quantitative estimate of drug-likeness (QED) is 0.440. The topological polar surface area (TPSA) is 64.8 Å². The molecule has 0 unspecified atom stereocenters. The molecule has 174 valence electrons. The Kier molecular flexibility index (Phi) is 6.72. The zero-order chi connectivity index (χ0) is 23.4. The maximum atomic E-state index is 12.6. The first kappa shape index (κ1) is 22.9. The van der Waals surface area contributed by atoms with E-state index in [1.54, 1.807) is 0 Å². The molecule has 0 saturated carbocycles. The van der Waals surface area contributed by atoms with E-state index in [4.69, 9.17) is 13.9 Å². The Morgan fingerprint density at radius 2 is 1.85 bits per heavy atom. The predicted molar refractivity (Wildman–Crippen MR) is 127 cm³/mol. The van der Waals surface area contributed by atoms with Gasteiger partial charge in [-0.05, 0) is 70.4 Å². The van der Waals surface area contributed by atoms with Gasteiger partial charge in [0.05, 0.1) is 18.3 Å². The van der Waals surface area contributed by atoms with Crippen molar-refractivity contribution in [1.29, 1.82) is 0 Å². The van der Waals surface area contributed by atoms with Gasteiger partial charge in [0.2, 0.25) is 5.89 Å². The second kappa shape index (κ2) is 9.69. The van der Waals surface area contributed by atoms with Gasteiger partial charge in [-0.3, -0.25) is 0 Å². The number of hydrogen-bond donors (Lipinski definition) is 0. The summed E-state index contributed by atoms with van der Waals surface area (Å²) in [7, 11) is 0. The second-order valence-corrected chi connectivity index (χ2v) is 9.39. The molecule has 6 heteroatoms. The monoisotopic (exact) mass is 448 g/mol. The molecule has 0 radical (unpaired) electrons. The van der Waals surface area contributed by atoms with Crippen molar-refractivity contribution in [2.24, 2.45) is 0 Å². The van der Waals surface area contributed by atoms with Crippen molar-refractivity contribution in [1.82, 2.24) is 9.88 Å². The number of aryl methyl sites for hydroxylation is 1. The normalized spacial score (nSPS) is 16.1. The van der Waals surface area contributed by atoms with Crippen LogP contribution in [0, 0.1) is 6.92 Å². The van der Waals surface area contributed by atoms with Crippen LogP contribution in [-0.2, 0) is 11.2 Å². The lowest BCUT2D eigenvalue weighted by Gasteiger charge is -2.28. The van der Waals surface area contributed by atoms with Crippen LogP contribution in [-0.4, -0.2) is 34.7 Å². The maximum Gasteiger partial charge on any atom is 0.410 e. The summed E-state index contributed by atoms with van der Waals surface area (Å²) in [4.78, 5) is 19.0. The molecule has 4 rings (SSSR count). The Morgan fingerprint density at radius 1 is 1.12 bits per heavy atom. The highest BCUT2D eigenvalue weighted by Gasteiger charge is 2.33. The highest BCUT2D eigenvalue weighted by Crippen LogP contribution is 2.34. The summed E-state index contributed by atoms with van der Waals surface area (Å²) in [6, 6.07) is 17.9. The van der Waals surface area contributed by atoms with E-state index in [9.17, 15) is 4.79 Å². The number of carbonyl (C=O) groups is 1. The SMILES string of the molecule is Cc1oc(-c2ccccc2)nc1CCOc1ccc([C@H]2CCCN2C(=O)OC(C)(C)C)cc1. The van der Waals surface area contributed by atoms with Gasteiger partial charge < -0.3 is 18.8 Å². The van der Waals surface area contributed by atoms with Crippen LogP contribution in [0.25, 0.3) is 11.5 Å². The highest BCUT2D eigenvalue weighted by atomic mass is 16.6. The van der Waals surface area contributed by atoms with Gasteiger partial charge in [0.1, 0.15) is 17.1 Å². The van der Waals surface area contributed by atoms with Gasteiger partial charge in [-0.2, -0.15) is 0 Å². The number of amides is 1. The first-order valence-corrected chi connectivity index (χ1v) is 11.5. The van der Waals surface area contributed by atoms with Crippen LogP contribution in [0.5, 0.6) is 5.75 Å². The molecule has 6 nitrogen and oxygen atoms in total. The number of hydrogen-bond acceptors (Lipinski definition) is 5. The summed E-state index contributed by atoms with van der Waals surface area (Å²) in [6.45, 7) is 8.84. The molecule has 1 amide bonds. The Labute approximate surface area is 195 Å². The number of nitrogens with zero attached hydrogens (tertiary/aromatic N) is 2. The van der Waals surface area contributed by atoms with E-state index >= 15 is 0 Å². The van der Waals surface area contributed by atoms with Crippen molar-refractivity contribution >= 4 is 6.09 Å². The molecule has 1 fully saturated rings. The van der Waals surface area contributed by atoms with Gasteiger partial charge in [0.25, 0.3) is 0 Å². The first-order valence-electron chi connectivity index (χ1n) is 11.5. The van der Waals surface area contributed by atoms with Gasteiger partial charge in [-0.15, -0.1) is 0 Å². The molecule has 1 aromatic heterocycles. The van der Waals surface area contributed by atoms with E-state index in [-0.39, 0.29) is 12.1 Å². The van der Waals surface area contributed by atoms with E-state index in [1.807, 2.05) is 87.2 Å². The molecular weight excluding hydrogens is 416 g/mol. The lowest BCUT2D eigenvalue weighted by molar-refractivity contribution is 0.0224. The van der Waals surface area contributed by atoms with Crippen molar-refractivity contribution in [2.45, 2.75) is 58.6 Å². The lowest BCUT2D eigenvalue weighted by Crippen LogP contribution is -2.36. The minimum atomic E-state index is -0.494. The second-order valence-electron chi connectivity index (χ2n) is 9.39. The van der Waals surface area contributed by atoms with Crippen molar-refractivity contribution in [2.75, 3.05) is 13.2 Å². The van der Waals surface area contributed by atoms with E-state index < -0.39 is 5.60 Å². The summed E-state index contributed by atoms with van der Waals surface area (Å²) in [5, 5.41) is 0. The number of rotatable bonds is 6. The number of aromatic nitrogens is 1. The standard InChI is InChI=1S/C27H32N2O4/c1-19-23(28-25(32-19)21-9-6-5-7-10-21)16-18-31-22-14-12-20(13-15-22)24-11-8-17-29(24)26(30)33-27(2,3)4/h5-7,9-10,12-15,24H,8,11,16-18H2,1-4H3/t24-/m1/s1. The minimum Gasteiger partial charge on any atom is -0.493 e. The molecule has 2 heterocycles. The van der Waals surface area contributed by atoms with Crippen LogP contribution in [0.3, 0.4) is 0 Å². The average Bonchev–Trinajstić information content (AvgIpc) is 3.41. The molecule has 0 spiro atoms. The fraction of sp³-hybridized carbons (Fsp3) is 0.407. The summed E-state index contributed by atoms with van der Waals surface area (Å²) in [5.74, 6) is 2.25. The number of carbonyl (C=O) groups excluding carboxylic acids is 1. The van der Waals surface area contributed by atoms with Crippen LogP contribution in [0.1, 0.15) is 56.7 Å². The largest absolute Gasteiger partial charge is 0.493 e. The molecule has 0 aliphatic carbocycles. The Balaban J connectivity index is 1.33. The van der Waals surface area contributed by atoms with E-state index in [0.717, 1.165) is 47.7 Å². The molecule has 0 bridgehead atoms. The average molecular weight is 449 g/mol. The van der Waals surface area contributed by atoms with Crippen LogP contribution in [0.4, 0.5) is 4.79 Å². The summed E-state index contributed by atoms with van der Waals surface area (Å²) >= 11 is 0. The lowest BCUT2D eigenvalue weighted by atomic mass is 10.0. The molecule has 0 N–H and O–H groups in total. The summed E-state index contributed by atoms with van der Waals surface area (Å²) in [6.07, 6.45) is 2.33. The molecule has 1 aliphatic rings. The molecule has 2 aromatic carbocycles. The molecule has 3 aromatic rings. The third-order valence-electron chi connectivity index (χ3n) is 5.67. The van der Waals surface area contributed by atoms with Crippen LogP contribution >= 0.6 is 0 Å². The van der Waals surface area contributed by atoms with Crippen molar-refractivity contribution in [3.8, 4) is 17.2 Å². The van der Waals surface area contributed by atoms with Gasteiger partial charge in [-0.25, -0.2) is 9.78 Å². The minimum absolute atomic E-state index is 0.0445. The third kappa shape index (κ3) is 5.75. The zero-order valence-corrected chi connectivity index (χ0v) is 19.8. The maximum absolute atomic E-state index is 12.6. The Hall–Kier alpha value is -3.28. The molecule has 1 atom stereocenters. The van der Waals surface area contributed by atoms with Gasteiger partial charge in [0.15, 0.2) is 0 Å². The molecule has 33 heavy (non-hydrogen) atoms. The Bertz CT molecular complexity index is 1070. The van der Waals surface area contributed by atoms with Gasteiger partial charge in [-0.1, -0.05) is 30.3 Å². The molecular formula is C27H32N2O4. The number of oxazole rings is 1. The summed E-state index contributed by atoms with van der Waals surface area (Å²) in [5.41, 5.74) is 2.48. The van der Waals surface area contributed by atoms with Crippen LogP contribution in [0.2, 0.25) is 0 Å². The first-order chi connectivity index (χ1) is 15.8. The van der Waals surface area contributed by atoms with Crippen LogP contribution < -0.4 is 4.74 Å². The summed E-state index contributed by atoms with van der Waals surface area (Å²) < 4.78 is 17.4. The molecule has 1 saturated heterocycles. The number of likely N-dealkylation sites (tertiary alicyclic amines) is 1. The number of benzene rings is 2. The van der Waals surface area contributed by atoms with Gasteiger partial charge >= 0.3 is 6.09 Å². The fourth-order valence-electron chi connectivity index (χ4n) is 4.07. The van der Waals surface area contributed by atoms with Crippen LogP contribution in [0.15, 0.2) is 59.0 Å². The van der Waals surface area contributed by atoms with E-state index in [2.05, 4.69) is 4.98 Å². The zero-order valence-electron chi connectivity index (χ0n) is 19.8. The number of ether oxygens (including phenoxy) is 2. The van der Waals surface area contributed by atoms with Gasteiger partial charge in [0, 0.05) is 18.5 Å². The van der Waals surface area contributed by atoms with E-state index in [0.29, 0.717) is 18.9 Å². The Morgan fingerprint density at radius 3 is 2.55 bits per heavy atom.